The van der Waals surface area contributed by atoms with Gasteiger partial charge in [0.25, 0.3) is 0 Å². The first-order valence-electron chi connectivity index (χ1n) is 3.10. The first-order valence-corrected chi connectivity index (χ1v) is 4.96. The molecule has 2 amide bonds. The van der Waals surface area contributed by atoms with Gasteiger partial charge in [-0.3, -0.25) is 0 Å². The molecule has 0 bridgehead atoms. The van der Waals surface area contributed by atoms with E-state index in [2.05, 4.69) is 9.68 Å². The summed E-state index contributed by atoms with van der Waals surface area (Å²) in [5.41, 5.74) is 0. The summed E-state index contributed by atoms with van der Waals surface area (Å²) in [6, 6.07) is -0.468. The Balaban J connectivity index is 2.70. The maximum absolute atomic E-state index is 11.2. The van der Waals surface area contributed by atoms with Crippen molar-refractivity contribution in [1.29, 1.82) is 0 Å². The maximum Gasteiger partial charge on any atom is 0.348 e. The lowest BCUT2D eigenvalue weighted by molar-refractivity contribution is 0.251. The molecule has 1 rings (SSSR count). The van der Waals surface area contributed by atoms with Crippen LogP contribution in [0.1, 0.15) is 6.42 Å². The molecule has 0 aliphatic carbocycles. The molecule has 0 radical (unpaired) electrons. The topological polar surface area (TPSA) is 58.5 Å². The number of amides is 2. The summed E-state index contributed by atoms with van der Waals surface area (Å²) in [4.78, 5) is 10.6. The predicted molar refractivity (Wildman–Crippen MR) is 39.4 cm³/mol. The largest absolute Gasteiger partial charge is 0.348 e. The van der Waals surface area contributed by atoms with Crippen LogP contribution in [0.25, 0.3) is 0 Å². The van der Waals surface area contributed by atoms with Crippen molar-refractivity contribution in [1.82, 2.24) is 5.32 Å². The highest BCUT2D eigenvalue weighted by Crippen LogP contribution is 2.12. The minimum atomic E-state index is -2.09. The Kier molecular flexibility index (Phi) is 1.94. The van der Waals surface area contributed by atoms with E-state index in [1.54, 1.807) is 0 Å². The van der Waals surface area contributed by atoms with Gasteiger partial charge in [-0.15, -0.1) is 4.36 Å². The second-order valence-corrected chi connectivity index (χ2v) is 4.72. The number of nitrogens with one attached hydrogen (secondary N) is 1. The molecule has 1 fully saturated rings. The van der Waals surface area contributed by atoms with Crippen LogP contribution in [0.4, 0.5) is 4.79 Å². The molecule has 1 saturated heterocycles. The van der Waals surface area contributed by atoms with Crippen LogP contribution in [0.2, 0.25) is 0 Å². The average molecular weight is 162 g/mol. The van der Waals surface area contributed by atoms with Crippen molar-refractivity contribution in [3.63, 3.8) is 0 Å². The van der Waals surface area contributed by atoms with Gasteiger partial charge in [0.15, 0.2) is 0 Å². The van der Waals surface area contributed by atoms with Crippen LogP contribution in [0.5, 0.6) is 0 Å². The van der Waals surface area contributed by atoms with Gasteiger partial charge in [0.05, 0.1) is 9.73 Å². The lowest BCUT2D eigenvalue weighted by atomic mass is 10.5. The first kappa shape index (κ1) is 7.53. The summed E-state index contributed by atoms with van der Waals surface area (Å²) >= 11 is 0. The minimum Gasteiger partial charge on any atom is -0.339 e. The zero-order chi connectivity index (χ0) is 7.61. The molecule has 0 aromatic rings. The van der Waals surface area contributed by atoms with Crippen molar-refractivity contribution < 1.29 is 9.00 Å². The zero-order valence-corrected chi connectivity index (χ0v) is 6.61. The maximum atomic E-state index is 11.2. The molecular formula is C5H10N2O2S. The van der Waals surface area contributed by atoms with Crippen molar-refractivity contribution in [3.8, 4) is 0 Å². The van der Waals surface area contributed by atoms with Gasteiger partial charge >= 0.3 is 6.03 Å². The van der Waals surface area contributed by atoms with E-state index < -0.39 is 15.8 Å². The number of carbonyl (C=O) groups excluding carboxylic acids is 1. The average Bonchev–Trinajstić information content (AvgIpc) is 1.84. The van der Waals surface area contributed by atoms with E-state index >= 15 is 0 Å². The quantitative estimate of drug-likeness (QED) is 0.553. The van der Waals surface area contributed by atoms with Crippen LogP contribution in [0.3, 0.4) is 0 Å². The highest BCUT2D eigenvalue weighted by atomic mass is 32.2. The van der Waals surface area contributed by atoms with Gasteiger partial charge in [0.1, 0.15) is 0 Å². The minimum absolute atomic E-state index is 0.468. The Labute approximate surface area is 60.2 Å². The van der Waals surface area contributed by atoms with E-state index in [1.165, 1.54) is 7.05 Å². The zero-order valence-electron chi connectivity index (χ0n) is 5.79. The molecule has 1 N–H and O–H groups in total. The molecule has 1 aliphatic rings. The summed E-state index contributed by atoms with van der Waals surface area (Å²) in [6.07, 6.45) is 0.930. The number of rotatable bonds is 0. The molecule has 58 valence electrons. The Hall–Kier alpha value is -0.580. The van der Waals surface area contributed by atoms with Crippen molar-refractivity contribution in [3.05, 3.63) is 0 Å². The third kappa shape index (κ3) is 1.47. The van der Waals surface area contributed by atoms with Gasteiger partial charge in [-0.2, -0.15) is 0 Å². The molecule has 4 nitrogen and oxygen atoms in total. The van der Waals surface area contributed by atoms with Crippen molar-refractivity contribution in [2.24, 2.45) is 4.36 Å². The van der Waals surface area contributed by atoms with E-state index in [1.807, 2.05) is 0 Å². The molecule has 0 spiro atoms. The van der Waals surface area contributed by atoms with Gasteiger partial charge in [0, 0.05) is 18.6 Å². The van der Waals surface area contributed by atoms with Crippen LogP contribution >= 0.6 is 0 Å². The lowest BCUT2D eigenvalue weighted by Crippen LogP contribution is -2.26. The molecule has 5 heteroatoms. The number of hydrogen-bond acceptors (Lipinski definition) is 2. The summed E-state index contributed by atoms with van der Waals surface area (Å²) < 4.78 is 14.7. The first-order chi connectivity index (χ1) is 4.66. The third-order valence-corrected chi connectivity index (χ3v) is 3.74. The lowest BCUT2D eigenvalue weighted by Gasteiger charge is -2.16. The van der Waals surface area contributed by atoms with Crippen molar-refractivity contribution >= 4 is 15.8 Å². The highest BCUT2D eigenvalue weighted by Gasteiger charge is 2.20. The summed E-state index contributed by atoms with van der Waals surface area (Å²) in [7, 11) is -0.608. The number of hydrogen-bond donors (Lipinski definition) is 1. The second-order valence-electron chi connectivity index (χ2n) is 2.18. The molecule has 0 atom stereocenters. The molecule has 0 saturated carbocycles. The predicted octanol–water partition coefficient (Wildman–Crippen LogP) is 0.198. The van der Waals surface area contributed by atoms with Crippen LogP contribution < -0.4 is 5.32 Å². The van der Waals surface area contributed by atoms with E-state index in [-0.39, 0.29) is 0 Å². The summed E-state index contributed by atoms with van der Waals surface area (Å²) in [6.45, 7) is 0. The monoisotopic (exact) mass is 162 g/mol. The third-order valence-electron chi connectivity index (χ3n) is 1.39. The fourth-order valence-electron chi connectivity index (χ4n) is 0.679. The van der Waals surface area contributed by atoms with E-state index in [0.29, 0.717) is 11.5 Å². The smallest absolute Gasteiger partial charge is 0.339 e. The Morgan fingerprint density at radius 1 is 1.60 bits per heavy atom. The van der Waals surface area contributed by atoms with Gasteiger partial charge in [-0.1, -0.05) is 0 Å². The second kappa shape index (κ2) is 2.57. The molecule has 0 unspecified atom stereocenters. The molecule has 1 aliphatic heterocycles. The van der Waals surface area contributed by atoms with Crippen molar-refractivity contribution in [2.45, 2.75) is 6.42 Å². The van der Waals surface area contributed by atoms with Crippen LogP contribution in [-0.2, 0) is 9.73 Å². The summed E-state index contributed by atoms with van der Waals surface area (Å²) in [5, 5.41) is 2.30. The van der Waals surface area contributed by atoms with Gasteiger partial charge < -0.3 is 5.32 Å². The number of urea groups is 1. The molecular weight excluding hydrogens is 152 g/mol. The van der Waals surface area contributed by atoms with Crippen LogP contribution in [0.15, 0.2) is 4.36 Å². The van der Waals surface area contributed by atoms with Gasteiger partial charge in [-0.25, -0.2) is 9.00 Å². The fourth-order valence-corrected chi connectivity index (χ4v) is 2.04. The SMILES string of the molecule is CNC(=O)N=S1(=O)CCC1. The molecule has 0 aromatic heterocycles. The van der Waals surface area contributed by atoms with Gasteiger partial charge in [0.2, 0.25) is 0 Å². The Morgan fingerprint density at radius 3 is 2.50 bits per heavy atom. The van der Waals surface area contributed by atoms with Gasteiger partial charge in [-0.05, 0) is 6.42 Å². The Morgan fingerprint density at radius 2 is 2.20 bits per heavy atom. The number of nitrogens with zero attached hydrogens (tertiary/aromatic N) is 1. The van der Waals surface area contributed by atoms with E-state index in [9.17, 15) is 9.00 Å². The Bertz CT molecular complexity index is 242. The van der Waals surface area contributed by atoms with Crippen LogP contribution in [0, 0.1) is 0 Å². The molecule has 1 heterocycles. The van der Waals surface area contributed by atoms with E-state index in [0.717, 1.165) is 6.42 Å². The number of carbonyl (C=O) groups is 1. The standard InChI is InChI=1S/C5H10N2O2S/c1-6-5(8)7-10(9)3-2-4-10/h2-4H2,1H3,(H,6,8). The van der Waals surface area contributed by atoms with E-state index in [4.69, 9.17) is 0 Å². The molecule has 0 aromatic carbocycles. The van der Waals surface area contributed by atoms with Crippen molar-refractivity contribution in [2.75, 3.05) is 18.6 Å². The summed E-state index contributed by atoms with van der Waals surface area (Å²) in [5.74, 6) is 1.17. The fraction of sp³-hybridized carbons (Fsp3) is 0.800. The highest BCUT2D eigenvalue weighted by molar-refractivity contribution is 7.95. The van der Waals surface area contributed by atoms with Crippen LogP contribution in [-0.4, -0.2) is 28.8 Å². The normalized spacial score (nSPS) is 20.9. The molecule has 10 heavy (non-hydrogen) atoms.